The Morgan fingerprint density at radius 3 is 2.64 bits per heavy atom. The lowest BCUT2D eigenvalue weighted by atomic mass is 10.1. The van der Waals surface area contributed by atoms with Crippen LogP contribution in [0.4, 0.5) is 5.69 Å². The highest BCUT2D eigenvalue weighted by molar-refractivity contribution is 5.88. The van der Waals surface area contributed by atoms with Gasteiger partial charge in [0.2, 0.25) is 5.91 Å². The monoisotopic (exact) mass is 190 g/mol. The van der Waals surface area contributed by atoms with Crippen molar-refractivity contribution in [2.75, 3.05) is 11.9 Å². The maximum absolute atomic E-state index is 10.7. The van der Waals surface area contributed by atoms with Gasteiger partial charge in [0.15, 0.2) is 0 Å². The lowest BCUT2D eigenvalue weighted by Crippen LogP contribution is -2.05. The van der Waals surface area contributed by atoms with Crippen LogP contribution in [0.1, 0.15) is 12.5 Å². The van der Waals surface area contributed by atoms with Crippen molar-refractivity contribution < 1.29 is 9.53 Å². The molecule has 3 heteroatoms. The summed E-state index contributed by atoms with van der Waals surface area (Å²) in [6.07, 6.45) is 2.36. The number of ether oxygens (including phenoxy) is 1. The predicted molar refractivity (Wildman–Crippen MR) is 53.9 cm³/mol. The Balaban J connectivity index is 1.97. The highest BCUT2D eigenvalue weighted by Crippen LogP contribution is 2.19. The van der Waals surface area contributed by atoms with Gasteiger partial charge in [-0.3, -0.25) is 4.79 Å². The maximum atomic E-state index is 10.7. The van der Waals surface area contributed by atoms with Gasteiger partial charge in [0, 0.05) is 19.0 Å². The van der Waals surface area contributed by atoms with Crippen molar-refractivity contribution in [2.45, 2.75) is 13.0 Å². The molecule has 0 aliphatic carbocycles. The molecule has 0 saturated carbocycles. The predicted octanol–water partition coefficient (Wildman–Crippen LogP) is 1.60. The van der Waals surface area contributed by atoms with Gasteiger partial charge < -0.3 is 10.1 Å². The number of hydrogen-bond donors (Lipinski definition) is 1. The number of anilines is 1. The molecule has 2 rings (SSSR count). The van der Waals surface area contributed by atoms with Crippen molar-refractivity contribution in [1.29, 1.82) is 0 Å². The first-order chi connectivity index (χ1) is 6.74. The van der Waals surface area contributed by atoms with E-state index in [1.807, 2.05) is 24.3 Å². The summed E-state index contributed by atoms with van der Waals surface area (Å²) in [6.45, 7) is 2.32. The van der Waals surface area contributed by atoms with Crippen molar-refractivity contribution in [1.82, 2.24) is 0 Å². The second kappa shape index (κ2) is 3.80. The molecule has 1 aliphatic rings. The van der Waals surface area contributed by atoms with Crippen LogP contribution in [0.3, 0.4) is 0 Å². The summed E-state index contributed by atoms with van der Waals surface area (Å²) in [6, 6.07) is 7.70. The van der Waals surface area contributed by atoms with Gasteiger partial charge >= 0.3 is 0 Å². The van der Waals surface area contributed by atoms with Crippen LogP contribution < -0.4 is 5.32 Å². The Morgan fingerprint density at radius 1 is 1.50 bits per heavy atom. The van der Waals surface area contributed by atoms with Crippen molar-refractivity contribution in [3.05, 3.63) is 36.2 Å². The highest BCUT2D eigenvalue weighted by atomic mass is 16.6. The van der Waals surface area contributed by atoms with Crippen molar-refractivity contribution in [3.63, 3.8) is 0 Å². The van der Waals surface area contributed by atoms with Gasteiger partial charge in [-0.25, -0.2) is 0 Å². The SMILES string of the molecule is CC(=O)Nc1ccc([CH]C2CO2)cc1. The van der Waals surface area contributed by atoms with Crippen molar-refractivity contribution in [2.24, 2.45) is 0 Å². The summed E-state index contributed by atoms with van der Waals surface area (Å²) >= 11 is 0. The van der Waals surface area contributed by atoms with Crippen LogP contribution in [0.15, 0.2) is 24.3 Å². The van der Waals surface area contributed by atoms with E-state index >= 15 is 0 Å². The first kappa shape index (κ1) is 9.21. The fraction of sp³-hybridized carbons (Fsp3) is 0.273. The van der Waals surface area contributed by atoms with Crippen molar-refractivity contribution in [3.8, 4) is 0 Å². The van der Waals surface area contributed by atoms with Crippen LogP contribution in [-0.2, 0) is 9.53 Å². The van der Waals surface area contributed by atoms with E-state index in [1.165, 1.54) is 6.92 Å². The molecule has 0 spiro atoms. The second-order valence-electron chi connectivity index (χ2n) is 3.34. The molecule has 73 valence electrons. The largest absolute Gasteiger partial charge is 0.372 e. The van der Waals surface area contributed by atoms with Gasteiger partial charge in [-0.05, 0) is 17.7 Å². The minimum Gasteiger partial charge on any atom is -0.372 e. The molecular weight excluding hydrogens is 178 g/mol. The highest BCUT2D eigenvalue weighted by Gasteiger charge is 2.22. The number of nitrogens with one attached hydrogen (secondary N) is 1. The van der Waals surface area contributed by atoms with Crippen LogP contribution in [0.2, 0.25) is 0 Å². The van der Waals surface area contributed by atoms with E-state index < -0.39 is 0 Å². The molecule has 1 fully saturated rings. The first-order valence-corrected chi connectivity index (χ1v) is 4.58. The average Bonchev–Trinajstić information content (AvgIpc) is 2.91. The molecule has 1 aromatic rings. The fourth-order valence-electron chi connectivity index (χ4n) is 1.25. The molecule has 0 aromatic heterocycles. The second-order valence-corrected chi connectivity index (χ2v) is 3.34. The van der Waals surface area contributed by atoms with E-state index in [2.05, 4.69) is 11.7 Å². The molecule has 1 amide bonds. The van der Waals surface area contributed by atoms with Gasteiger partial charge in [-0.2, -0.15) is 0 Å². The quantitative estimate of drug-likeness (QED) is 0.735. The zero-order chi connectivity index (χ0) is 9.97. The third-order valence-electron chi connectivity index (χ3n) is 1.97. The molecule has 1 aliphatic heterocycles. The number of hydrogen-bond acceptors (Lipinski definition) is 2. The Bertz CT molecular complexity index is 328. The molecular formula is C11H12NO2. The molecule has 0 bridgehead atoms. The van der Waals surface area contributed by atoms with E-state index in [0.717, 1.165) is 17.9 Å². The smallest absolute Gasteiger partial charge is 0.221 e. The summed E-state index contributed by atoms with van der Waals surface area (Å²) in [5, 5.41) is 2.72. The zero-order valence-electron chi connectivity index (χ0n) is 7.99. The lowest BCUT2D eigenvalue weighted by molar-refractivity contribution is -0.114. The maximum Gasteiger partial charge on any atom is 0.221 e. The minimum absolute atomic E-state index is 0.0488. The molecule has 1 saturated heterocycles. The van der Waals surface area contributed by atoms with Gasteiger partial charge in [0.05, 0.1) is 12.7 Å². The van der Waals surface area contributed by atoms with E-state index in [9.17, 15) is 4.79 Å². The third kappa shape index (κ3) is 2.57. The molecule has 1 N–H and O–H groups in total. The van der Waals surface area contributed by atoms with E-state index in [0.29, 0.717) is 6.10 Å². The number of carbonyl (C=O) groups is 1. The van der Waals surface area contributed by atoms with Gasteiger partial charge in [0.1, 0.15) is 0 Å². The van der Waals surface area contributed by atoms with Crippen LogP contribution in [0.25, 0.3) is 0 Å². The summed E-state index contributed by atoms with van der Waals surface area (Å²) < 4.78 is 5.08. The number of carbonyl (C=O) groups excluding carboxylic acids is 1. The molecule has 1 unspecified atom stereocenters. The summed E-state index contributed by atoms with van der Waals surface area (Å²) in [7, 11) is 0. The third-order valence-corrected chi connectivity index (χ3v) is 1.97. The molecule has 1 heterocycles. The van der Waals surface area contributed by atoms with E-state index in [-0.39, 0.29) is 5.91 Å². The zero-order valence-corrected chi connectivity index (χ0v) is 7.99. The normalized spacial score (nSPS) is 19.1. The Labute approximate surface area is 83.1 Å². The lowest BCUT2D eigenvalue weighted by Gasteiger charge is -2.02. The number of amides is 1. The first-order valence-electron chi connectivity index (χ1n) is 4.58. The molecule has 1 atom stereocenters. The molecule has 3 nitrogen and oxygen atoms in total. The van der Waals surface area contributed by atoms with Gasteiger partial charge in [-0.1, -0.05) is 12.1 Å². The summed E-state index contributed by atoms with van der Waals surface area (Å²) in [5.74, 6) is -0.0488. The Morgan fingerprint density at radius 2 is 2.14 bits per heavy atom. The van der Waals surface area contributed by atoms with Crippen LogP contribution >= 0.6 is 0 Å². The summed E-state index contributed by atoms with van der Waals surface area (Å²) in [4.78, 5) is 10.7. The fourth-order valence-corrected chi connectivity index (χ4v) is 1.25. The van der Waals surface area contributed by atoms with E-state index in [4.69, 9.17) is 4.74 Å². The summed E-state index contributed by atoms with van der Waals surface area (Å²) in [5.41, 5.74) is 1.95. The Kier molecular flexibility index (Phi) is 2.50. The van der Waals surface area contributed by atoms with Crippen LogP contribution in [-0.4, -0.2) is 18.6 Å². The molecule has 1 radical (unpaired) electrons. The standard InChI is InChI=1S/C11H12NO2/c1-8(13)12-10-4-2-9(3-5-10)6-11-7-14-11/h2-6,11H,7H2,1H3,(H,12,13). The number of epoxide rings is 1. The van der Waals surface area contributed by atoms with Gasteiger partial charge in [-0.15, -0.1) is 0 Å². The van der Waals surface area contributed by atoms with E-state index in [1.54, 1.807) is 0 Å². The van der Waals surface area contributed by atoms with Gasteiger partial charge in [0.25, 0.3) is 0 Å². The molecule has 14 heavy (non-hydrogen) atoms. The van der Waals surface area contributed by atoms with Crippen LogP contribution in [0, 0.1) is 6.42 Å². The molecule has 1 aromatic carbocycles. The van der Waals surface area contributed by atoms with Crippen molar-refractivity contribution >= 4 is 11.6 Å². The van der Waals surface area contributed by atoms with Crippen LogP contribution in [0.5, 0.6) is 0 Å². The Hall–Kier alpha value is -1.35. The number of rotatable bonds is 3. The topological polar surface area (TPSA) is 41.6 Å². The number of benzene rings is 1. The average molecular weight is 190 g/mol. The minimum atomic E-state index is -0.0488.